The average Bonchev–Trinajstić information content (AvgIpc) is 3.23. The standard InChI is InChI=1S/C33H36N6O4/c1-20-16-24(34)10-11-27(20)38-15-14-37(21(2)18-38)19-23-8-6-22(7-9-23)17-35-26-5-3-4-25-30(26)33(43)39(32(25)42)28-12-13-29(40)36-31(28)41/h3-11,16,21,28,35H,12-15,17-19,34H2,1-2H3,(H,36,40,41)/t21-,28?/m1/s1. The Balaban J connectivity index is 1.07. The third-order valence-electron chi connectivity index (χ3n) is 8.69. The van der Waals surface area contributed by atoms with Gasteiger partial charge in [-0.25, -0.2) is 0 Å². The fraction of sp³-hybridized carbons (Fsp3) is 0.333. The Morgan fingerprint density at radius 2 is 1.72 bits per heavy atom. The van der Waals surface area contributed by atoms with Gasteiger partial charge >= 0.3 is 0 Å². The summed E-state index contributed by atoms with van der Waals surface area (Å²) in [4.78, 5) is 56.3. The van der Waals surface area contributed by atoms with E-state index in [0.717, 1.165) is 42.3 Å². The lowest BCUT2D eigenvalue weighted by Gasteiger charge is -2.41. The summed E-state index contributed by atoms with van der Waals surface area (Å²) in [6.45, 7) is 8.59. The number of nitrogens with one attached hydrogen (secondary N) is 2. The number of fused-ring (bicyclic) bond motifs is 1. The first-order valence-electron chi connectivity index (χ1n) is 14.7. The van der Waals surface area contributed by atoms with Gasteiger partial charge in [0.25, 0.3) is 11.8 Å². The molecule has 3 aromatic rings. The normalized spacial score (nSPS) is 20.8. The molecule has 2 atom stereocenters. The molecule has 0 radical (unpaired) electrons. The molecule has 222 valence electrons. The first-order chi connectivity index (χ1) is 20.7. The Labute approximate surface area is 250 Å². The number of hydrogen-bond donors (Lipinski definition) is 3. The second kappa shape index (κ2) is 11.5. The minimum Gasteiger partial charge on any atom is -0.399 e. The van der Waals surface area contributed by atoms with E-state index in [0.29, 0.717) is 18.3 Å². The first-order valence-corrected chi connectivity index (χ1v) is 14.7. The van der Waals surface area contributed by atoms with E-state index < -0.39 is 29.7 Å². The van der Waals surface area contributed by atoms with E-state index in [2.05, 4.69) is 64.6 Å². The Morgan fingerprint density at radius 1 is 0.953 bits per heavy atom. The monoisotopic (exact) mass is 580 g/mol. The van der Waals surface area contributed by atoms with Crippen molar-refractivity contribution < 1.29 is 19.2 Å². The van der Waals surface area contributed by atoms with Gasteiger partial charge in [-0.1, -0.05) is 30.3 Å². The number of piperazine rings is 1. The van der Waals surface area contributed by atoms with Gasteiger partial charge in [0, 0.05) is 62.2 Å². The maximum Gasteiger partial charge on any atom is 0.264 e. The van der Waals surface area contributed by atoms with Gasteiger partial charge in [-0.05, 0) is 67.3 Å². The molecule has 0 saturated carbocycles. The predicted molar refractivity (Wildman–Crippen MR) is 165 cm³/mol. The van der Waals surface area contributed by atoms with Crippen LogP contribution in [0.5, 0.6) is 0 Å². The van der Waals surface area contributed by atoms with Crippen LogP contribution in [0.15, 0.2) is 60.7 Å². The molecule has 0 aliphatic carbocycles. The summed E-state index contributed by atoms with van der Waals surface area (Å²) in [5, 5.41) is 5.54. The minimum atomic E-state index is -0.988. The average molecular weight is 581 g/mol. The van der Waals surface area contributed by atoms with Gasteiger partial charge in [0.15, 0.2) is 0 Å². The first kappa shape index (κ1) is 28.4. The molecule has 0 bridgehead atoms. The molecule has 43 heavy (non-hydrogen) atoms. The van der Waals surface area contributed by atoms with Gasteiger partial charge in [0.1, 0.15) is 6.04 Å². The van der Waals surface area contributed by atoms with Crippen molar-refractivity contribution in [3.63, 3.8) is 0 Å². The Bertz CT molecular complexity index is 1600. The van der Waals surface area contributed by atoms with Crippen molar-refractivity contribution in [1.29, 1.82) is 0 Å². The number of amides is 4. The second-order valence-corrected chi connectivity index (χ2v) is 11.7. The molecule has 4 amide bonds. The van der Waals surface area contributed by atoms with Crippen molar-refractivity contribution in [3.05, 3.63) is 88.5 Å². The third kappa shape index (κ3) is 5.58. The minimum absolute atomic E-state index is 0.0867. The van der Waals surface area contributed by atoms with Crippen LogP contribution in [-0.2, 0) is 22.7 Å². The summed E-state index contributed by atoms with van der Waals surface area (Å²) in [6.07, 6.45) is 0.214. The molecule has 3 aromatic carbocycles. The largest absolute Gasteiger partial charge is 0.399 e. The summed E-state index contributed by atoms with van der Waals surface area (Å²) in [6, 6.07) is 19.0. The molecule has 0 aromatic heterocycles. The summed E-state index contributed by atoms with van der Waals surface area (Å²) in [5.74, 6) is -2.05. The summed E-state index contributed by atoms with van der Waals surface area (Å²) < 4.78 is 0. The van der Waals surface area contributed by atoms with E-state index in [-0.39, 0.29) is 24.0 Å². The van der Waals surface area contributed by atoms with Crippen LogP contribution in [-0.4, -0.2) is 65.1 Å². The molecule has 10 nitrogen and oxygen atoms in total. The van der Waals surface area contributed by atoms with E-state index in [9.17, 15) is 19.2 Å². The van der Waals surface area contributed by atoms with Crippen molar-refractivity contribution in [3.8, 4) is 0 Å². The van der Waals surface area contributed by atoms with Crippen molar-refractivity contribution in [2.75, 3.05) is 35.6 Å². The number of piperidine rings is 1. The molecular weight excluding hydrogens is 544 g/mol. The Hall–Kier alpha value is -4.70. The fourth-order valence-corrected chi connectivity index (χ4v) is 6.34. The van der Waals surface area contributed by atoms with Gasteiger partial charge in [-0.3, -0.25) is 34.3 Å². The SMILES string of the molecule is Cc1cc(N)ccc1N1CCN(Cc2ccc(CNc3cccc4c3C(=O)N(C3CCC(=O)NC3=O)C4=O)cc2)[C@H](C)C1. The molecule has 1 unspecified atom stereocenters. The topological polar surface area (TPSA) is 128 Å². The third-order valence-corrected chi connectivity index (χ3v) is 8.69. The number of benzene rings is 3. The number of carbonyl (C=O) groups is 4. The van der Waals surface area contributed by atoms with Gasteiger partial charge in [-0.2, -0.15) is 0 Å². The smallest absolute Gasteiger partial charge is 0.264 e. The second-order valence-electron chi connectivity index (χ2n) is 11.7. The van der Waals surface area contributed by atoms with Crippen LogP contribution >= 0.6 is 0 Å². The summed E-state index contributed by atoms with van der Waals surface area (Å²) in [5.41, 5.74) is 12.5. The molecule has 2 fully saturated rings. The van der Waals surface area contributed by atoms with E-state index in [1.165, 1.54) is 16.8 Å². The van der Waals surface area contributed by atoms with Crippen LogP contribution in [0.2, 0.25) is 0 Å². The lowest BCUT2D eigenvalue weighted by atomic mass is 10.0. The van der Waals surface area contributed by atoms with E-state index in [1.807, 2.05) is 12.1 Å². The van der Waals surface area contributed by atoms with Crippen molar-refractivity contribution in [2.45, 2.75) is 51.9 Å². The summed E-state index contributed by atoms with van der Waals surface area (Å²) >= 11 is 0. The molecule has 3 aliphatic heterocycles. The van der Waals surface area contributed by atoms with Crippen molar-refractivity contribution >= 4 is 40.7 Å². The number of nitrogen functional groups attached to an aromatic ring is 1. The van der Waals surface area contributed by atoms with Crippen LogP contribution in [0.25, 0.3) is 0 Å². The quantitative estimate of drug-likeness (QED) is 0.287. The number of nitrogens with zero attached hydrogens (tertiary/aromatic N) is 3. The molecule has 2 saturated heterocycles. The Kier molecular flexibility index (Phi) is 7.62. The molecule has 4 N–H and O–H groups in total. The van der Waals surface area contributed by atoms with Crippen molar-refractivity contribution in [2.24, 2.45) is 0 Å². The molecule has 3 aliphatic rings. The van der Waals surface area contributed by atoms with Crippen LogP contribution in [0.4, 0.5) is 17.1 Å². The maximum absolute atomic E-state index is 13.3. The number of rotatable bonds is 7. The highest BCUT2D eigenvalue weighted by Crippen LogP contribution is 2.33. The highest BCUT2D eigenvalue weighted by molar-refractivity contribution is 6.25. The number of anilines is 3. The number of aryl methyl sites for hydroxylation is 1. The zero-order chi connectivity index (χ0) is 30.2. The van der Waals surface area contributed by atoms with Gasteiger partial charge < -0.3 is 16.0 Å². The van der Waals surface area contributed by atoms with Gasteiger partial charge in [-0.15, -0.1) is 0 Å². The number of carbonyl (C=O) groups excluding carboxylic acids is 4. The van der Waals surface area contributed by atoms with Crippen LogP contribution in [0.1, 0.15) is 57.2 Å². The number of nitrogens with two attached hydrogens (primary N) is 1. The zero-order valence-corrected chi connectivity index (χ0v) is 24.4. The van der Waals surface area contributed by atoms with Crippen LogP contribution in [0, 0.1) is 6.92 Å². The van der Waals surface area contributed by atoms with Crippen LogP contribution in [0.3, 0.4) is 0 Å². The van der Waals surface area contributed by atoms with Crippen LogP contribution < -0.4 is 21.3 Å². The van der Waals surface area contributed by atoms with Gasteiger partial charge in [0.2, 0.25) is 11.8 Å². The predicted octanol–water partition coefficient (Wildman–Crippen LogP) is 3.30. The van der Waals surface area contributed by atoms with E-state index >= 15 is 0 Å². The number of hydrogen-bond acceptors (Lipinski definition) is 8. The molecule has 0 spiro atoms. The lowest BCUT2D eigenvalue weighted by Crippen LogP contribution is -2.54. The molecule has 6 rings (SSSR count). The molecule has 3 heterocycles. The van der Waals surface area contributed by atoms with E-state index in [4.69, 9.17) is 5.73 Å². The maximum atomic E-state index is 13.3. The van der Waals surface area contributed by atoms with Gasteiger partial charge in [0.05, 0.1) is 11.1 Å². The zero-order valence-electron chi connectivity index (χ0n) is 24.4. The molecule has 10 heteroatoms. The fourth-order valence-electron chi connectivity index (χ4n) is 6.34. The van der Waals surface area contributed by atoms with Crippen molar-refractivity contribution in [1.82, 2.24) is 15.1 Å². The lowest BCUT2D eigenvalue weighted by molar-refractivity contribution is -0.136. The summed E-state index contributed by atoms with van der Waals surface area (Å²) in [7, 11) is 0. The Morgan fingerprint density at radius 3 is 2.44 bits per heavy atom. The van der Waals surface area contributed by atoms with E-state index in [1.54, 1.807) is 18.2 Å². The number of imide groups is 2. The highest BCUT2D eigenvalue weighted by atomic mass is 16.2. The highest BCUT2D eigenvalue weighted by Gasteiger charge is 2.45. The molecular formula is C33H36N6O4.